The molecular formula is C13H25NS. The van der Waals surface area contributed by atoms with E-state index in [9.17, 15) is 0 Å². The van der Waals surface area contributed by atoms with Crippen molar-refractivity contribution in [1.82, 2.24) is 0 Å². The standard InChI is InChI=1S/C13H25NS/c1-15-13-11-9-7-5-3-2-4-6-8-10-12-14/h2-11,13H2,1H3. The Bertz CT molecular complexity index is 151. The quantitative estimate of drug-likeness (QED) is 0.475. The molecule has 0 aromatic rings. The Morgan fingerprint density at radius 2 is 1.27 bits per heavy atom. The van der Waals surface area contributed by atoms with E-state index in [0.717, 1.165) is 12.8 Å². The van der Waals surface area contributed by atoms with Crippen LogP contribution < -0.4 is 0 Å². The van der Waals surface area contributed by atoms with Gasteiger partial charge in [-0.1, -0.05) is 44.9 Å². The molecule has 0 heterocycles. The highest BCUT2D eigenvalue weighted by atomic mass is 32.2. The van der Waals surface area contributed by atoms with Crippen LogP contribution in [0.15, 0.2) is 0 Å². The zero-order valence-corrected chi connectivity index (χ0v) is 11.0. The van der Waals surface area contributed by atoms with Crippen LogP contribution in [0, 0.1) is 11.3 Å². The van der Waals surface area contributed by atoms with Gasteiger partial charge in [-0.15, -0.1) is 0 Å². The molecule has 0 aromatic carbocycles. The van der Waals surface area contributed by atoms with Crippen LogP contribution in [0.25, 0.3) is 0 Å². The molecule has 0 aromatic heterocycles. The third kappa shape index (κ3) is 13.8. The average molecular weight is 227 g/mol. The maximum Gasteiger partial charge on any atom is 0.0621 e. The molecule has 0 unspecified atom stereocenters. The minimum absolute atomic E-state index is 0.745. The van der Waals surface area contributed by atoms with Crippen LogP contribution in [0.3, 0.4) is 0 Å². The summed E-state index contributed by atoms with van der Waals surface area (Å²) in [7, 11) is 0. The minimum atomic E-state index is 0.745. The van der Waals surface area contributed by atoms with Crippen LogP contribution in [0.2, 0.25) is 0 Å². The molecule has 0 saturated heterocycles. The van der Waals surface area contributed by atoms with Crippen LogP contribution in [0.1, 0.15) is 64.2 Å². The first-order valence-electron chi connectivity index (χ1n) is 6.27. The topological polar surface area (TPSA) is 23.8 Å². The second-order valence-corrected chi connectivity index (χ2v) is 5.07. The molecule has 1 nitrogen and oxygen atoms in total. The summed E-state index contributed by atoms with van der Waals surface area (Å²) in [6.07, 6.45) is 15.0. The summed E-state index contributed by atoms with van der Waals surface area (Å²) in [4.78, 5) is 0. The number of unbranched alkanes of at least 4 members (excludes halogenated alkanes) is 9. The van der Waals surface area contributed by atoms with Gasteiger partial charge in [0.25, 0.3) is 0 Å². The predicted octanol–water partition coefficient (Wildman–Crippen LogP) is 4.77. The number of nitrogens with zero attached hydrogens (tertiary/aromatic N) is 1. The number of rotatable bonds is 11. The van der Waals surface area contributed by atoms with Gasteiger partial charge in [-0.05, 0) is 24.9 Å². The van der Waals surface area contributed by atoms with Crippen LogP contribution in [0.4, 0.5) is 0 Å². The summed E-state index contributed by atoms with van der Waals surface area (Å²) in [6, 6.07) is 2.20. The highest BCUT2D eigenvalue weighted by Crippen LogP contribution is 2.11. The van der Waals surface area contributed by atoms with Crippen molar-refractivity contribution in [3.8, 4) is 6.07 Å². The van der Waals surface area contributed by atoms with Crippen molar-refractivity contribution in [1.29, 1.82) is 5.26 Å². The lowest BCUT2D eigenvalue weighted by atomic mass is 10.1. The van der Waals surface area contributed by atoms with Crippen molar-refractivity contribution in [2.45, 2.75) is 64.2 Å². The summed E-state index contributed by atoms with van der Waals surface area (Å²) in [5.41, 5.74) is 0. The normalized spacial score (nSPS) is 10.1. The van der Waals surface area contributed by atoms with Gasteiger partial charge in [0.15, 0.2) is 0 Å². The molecule has 0 atom stereocenters. The molecule has 0 saturated carbocycles. The Morgan fingerprint density at radius 1 is 0.800 bits per heavy atom. The fraction of sp³-hybridized carbons (Fsp3) is 0.923. The zero-order valence-electron chi connectivity index (χ0n) is 10.1. The van der Waals surface area contributed by atoms with Gasteiger partial charge in [0.05, 0.1) is 6.07 Å². The lowest BCUT2D eigenvalue weighted by Crippen LogP contribution is -1.83. The van der Waals surface area contributed by atoms with Gasteiger partial charge in [0.1, 0.15) is 0 Å². The minimum Gasteiger partial charge on any atom is -0.198 e. The fourth-order valence-corrected chi connectivity index (χ4v) is 2.18. The van der Waals surface area contributed by atoms with E-state index in [4.69, 9.17) is 5.26 Å². The summed E-state index contributed by atoms with van der Waals surface area (Å²) < 4.78 is 0. The number of hydrogen-bond donors (Lipinski definition) is 0. The van der Waals surface area contributed by atoms with E-state index in [1.807, 2.05) is 11.8 Å². The van der Waals surface area contributed by atoms with Gasteiger partial charge in [-0.25, -0.2) is 0 Å². The molecule has 0 amide bonds. The SMILES string of the molecule is CSCCCCCCCCCCCC#N. The number of hydrogen-bond acceptors (Lipinski definition) is 2. The van der Waals surface area contributed by atoms with Gasteiger partial charge < -0.3 is 0 Å². The van der Waals surface area contributed by atoms with Gasteiger partial charge in [0.2, 0.25) is 0 Å². The van der Waals surface area contributed by atoms with Crippen LogP contribution in [0.5, 0.6) is 0 Å². The van der Waals surface area contributed by atoms with Gasteiger partial charge in [-0.2, -0.15) is 17.0 Å². The van der Waals surface area contributed by atoms with Gasteiger partial charge >= 0.3 is 0 Å². The third-order valence-electron chi connectivity index (χ3n) is 2.64. The van der Waals surface area contributed by atoms with Gasteiger partial charge in [0, 0.05) is 6.42 Å². The van der Waals surface area contributed by atoms with Crippen molar-refractivity contribution in [2.75, 3.05) is 12.0 Å². The molecule has 0 spiro atoms. The molecule has 0 aliphatic heterocycles. The van der Waals surface area contributed by atoms with E-state index < -0.39 is 0 Å². The second kappa shape index (κ2) is 13.8. The summed E-state index contributed by atoms with van der Waals surface area (Å²) in [5.74, 6) is 1.33. The summed E-state index contributed by atoms with van der Waals surface area (Å²) in [6.45, 7) is 0. The highest BCUT2D eigenvalue weighted by molar-refractivity contribution is 7.98. The Kier molecular flexibility index (Phi) is 13.7. The van der Waals surface area contributed by atoms with Crippen molar-refractivity contribution < 1.29 is 0 Å². The number of thioether (sulfide) groups is 1. The largest absolute Gasteiger partial charge is 0.198 e. The third-order valence-corrected chi connectivity index (χ3v) is 3.33. The Hall–Kier alpha value is -0.160. The van der Waals surface area contributed by atoms with Crippen molar-refractivity contribution >= 4 is 11.8 Å². The van der Waals surface area contributed by atoms with Crippen molar-refractivity contribution in [3.63, 3.8) is 0 Å². The molecular weight excluding hydrogens is 202 g/mol. The second-order valence-electron chi connectivity index (χ2n) is 4.08. The van der Waals surface area contributed by atoms with E-state index in [2.05, 4.69) is 12.3 Å². The smallest absolute Gasteiger partial charge is 0.0621 e. The van der Waals surface area contributed by atoms with Crippen molar-refractivity contribution in [2.24, 2.45) is 0 Å². The molecule has 15 heavy (non-hydrogen) atoms. The summed E-state index contributed by atoms with van der Waals surface area (Å²) >= 11 is 1.95. The van der Waals surface area contributed by atoms with E-state index in [-0.39, 0.29) is 0 Å². The zero-order chi connectivity index (χ0) is 11.2. The van der Waals surface area contributed by atoms with Crippen molar-refractivity contribution in [3.05, 3.63) is 0 Å². The molecule has 88 valence electrons. The maximum atomic E-state index is 8.36. The Balaban J connectivity index is 2.84. The van der Waals surface area contributed by atoms with Crippen LogP contribution >= 0.6 is 11.8 Å². The van der Waals surface area contributed by atoms with Gasteiger partial charge in [-0.3, -0.25) is 0 Å². The Labute approximate surface area is 99.6 Å². The van der Waals surface area contributed by atoms with E-state index >= 15 is 0 Å². The first-order chi connectivity index (χ1) is 7.41. The summed E-state index contributed by atoms with van der Waals surface area (Å²) in [5, 5.41) is 8.36. The Morgan fingerprint density at radius 3 is 1.73 bits per heavy atom. The predicted molar refractivity (Wildman–Crippen MR) is 70.2 cm³/mol. The molecule has 0 radical (unpaired) electrons. The van der Waals surface area contributed by atoms with E-state index in [1.165, 1.54) is 57.1 Å². The van der Waals surface area contributed by atoms with Crippen LogP contribution in [-0.2, 0) is 0 Å². The molecule has 0 aliphatic rings. The van der Waals surface area contributed by atoms with E-state index in [1.54, 1.807) is 0 Å². The maximum absolute atomic E-state index is 8.36. The molecule has 0 fully saturated rings. The molecule has 0 rings (SSSR count). The molecule has 0 N–H and O–H groups in total. The number of nitriles is 1. The molecule has 0 bridgehead atoms. The van der Waals surface area contributed by atoms with E-state index in [0.29, 0.717) is 0 Å². The lowest BCUT2D eigenvalue weighted by molar-refractivity contribution is 0.568. The molecule has 0 aliphatic carbocycles. The first-order valence-corrected chi connectivity index (χ1v) is 7.67. The molecule has 2 heteroatoms. The lowest BCUT2D eigenvalue weighted by Gasteiger charge is -2.01. The first kappa shape index (κ1) is 14.8. The van der Waals surface area contributed by atoms with Crippen LogP contribution in [-0.4, -0.2) is 12.0 Å². The monoisotopic (exact) mass is 227 g/mol. The highest BCUT2D eigenvalue weighted by Gasteiger charge is 1.92. The average Bonchev–Trinajstić information content (AvgIpc) is 2.26. The fourth-order valence-electron chi connectivity index (χ4n) is 1.69.